The fourth-order valence-corrected chi connectivity index (χ4v) is 2.81. The minimum absolute atomic E-state index is 0.581. The van der Waals surface area contributed by atoms with E-state index in [0.29, 0.717) is 22.4 Å². The molecule has 0 saturated heterocycles. The lowest BCUT2D eigenvalue weighted by atomic mass is 10.0. The Hall–Kier alpha value is -3.10. The summed E-state index contributed by atoms with van der Waals surface area (Å²) in [4.78, 5) is 8.51. The van der Waals surface area contributed by atoms with E-state index in [1.807, 2.05) is 36.4 Å². The first-order valence-electron chi connectivity index (χ1n) is 7.66. The third-order valence-corrected chi connectivity index (χ3v) is 4.16. The number of hydrogen-bond donors (Lipinski definition) is 2. The van der Waals surface area contributed by atoms with Crippen molar-refractivity contribution in [3.8, 4) is 17.2 Å². The number of nitrogens with one attached hydrogen (secondary N) is 2. The van der Waals surface area contributed by atoms with E-state index in [1.165, 1.54) is 0 Å². The Balaban J connectivity index is 2.16. The lowest BCUT2D eigenvalue weighted by Crippen LogP contribution is -2.27. The average molecular weight is 350 g/mol. The number of guanidine groups is 1. The SMILES string of the molecule is CN=C(NC)Nc1ncc(Cl)c2ccc(-c3cccc(C#N)c3)cc12. The average Bonchev–Trinajstić information content (AvgIpc) is 2.67. The summed E-state index contributed by atoms with van der Waals surface area (Å²) in [6.45, 7) is 0. The number of rotatable bonds is 2. The van der Waals surface area contributed by atoms with Crippen LogP contribution in [-0.2, 0) is 0 Å². The molecule has 0 aliphatic carbocycles. The number of nitrogens with zero attached hydrogens (tertiary/aromatic N) is 3. The maximum absolute atomic E-state index is 9.11. The number of pyridine rings is 1. The van der Waals surface area contributed by atoms with Crippen molar-refractivity contribution in [3.05, 3.63) is 59.2 Å². The number of fused-ring (bicyclic) bond motifs is 1. The molecule has 0 atom stereocenters. The first-order valence-corrected chi connectivity index (χ1v) is 8.04. The number of anilines is 1. The molecule has 1 aromatic heterocycles. The molecule has 0 aliphatic rings. The highest BCUT2D eigenvalue weighted by Crippen LogP contribution is 2.32. The minimum Gasteiger partial charge on any atom is -0.359 e. The lowest BCUT2D eigenvalue weighted by Gasteiger charge is -2.12. The molecule has 3 aromatic rings. The van der Waals surface area contributed by atoms with Gasteiger partial charge in [0, 0.05) is 31.1 Å². The summed E-state index contributed by atoms with van der Waals surface area (Å²) >= 11 is 6.30. The second-order valence-electron chi connectivity index (χ2n) is 5.35. The molecule has 0 amide bonds. The second kappa shape index (κ2) is 7.20. The van der Waals surface area contributed by atoms with Crippen LogP contribution in [0.3, 0.4) is 0 Å². The molecule has 124 valence electrons. The Morgan fingerprint density at radius 2 is 1.96 bits per heavy atom. The summed E-state index contributed by atoms with van der Waals surface area (Å²) in [5.41, 5.74) is 2.57. The Morgan fingerprint density at radius 3 is 2.68 bits per heavy atom. The minimum atomic E-state index is 0.581. The van der Waals surface area contributed by atoms with E-state index in [-0.39, 0.29) is 0 Å². The number of nitriles is 1. The van der Waals surface area contributed by atoms with Crippen molar-refractivity contribution in [1.29, 1.82) is 5.26 Å². The molecule has 3 rings (SSSR count). The number of benzene rings is 2. The van der Waals surface area contributed by atoms with Gasteiger partial charge in [-0.1, -0.05) is 35.9 Å². The van der Waals surface area contributed by atoms with Gasteiger partial charge >= 0.3 is 0 Å². The van der Waals surface area contributed by atoms with Crippen molar-refractivity contribution in [2.45, 2.75) is 0 Å². The molecule has 0 saturated carbocycles. The first-order chi connectivity index (χ1) is 12.2. The summed E-state index contributed by atoms with van der Waals surface area (Å²) < 4.78 is 0. The van der Waals surface area contributed by atoms with E-state index >= 15 is 0 Å². The zero-order chi connectivity index (χ0) is 17.8. The summed E-state index contributed by atoms with van der Waals surface area (Å²) in [5, 5.41) is 17.6. The Bertz CT molecular complexity index is 1000. The molecule has 0 bridgehead atoms. The largest absolute Gasteiger partial charge is 0.359 e. The van der Waals surface area contributed by atoms with Crippen LogP contribution >= 0.6 is 11.6 Å². The van der Waals surface area contributed by atoms with Crippen molar-refractivity contribution in [2.75, 3.05) is 19.4 Å². The lowest BCUT2D eigenvalue weighted by molar-refractivity contribution is 1.13. The van der Waals surface area contributed by atoms with Crippen LogP contribution < -0.4 is 10.6 Å². The van der Waals surface area contributed by atoms with Gasteiger partial charge in [-0.25, -0.2) is 4.98 Å². The molecular weight excluding hydrogens is 334 g/mol. The highest BCUT2D eigenvalue weighted by atomic mass is 35.5. The van der Waals surface area contributed by atoms with E-state index in [2.05, 4.69) is 26.7 Å². The predicted molar refractivity (Wildman–Crippen MR) is 103 cm³/mol. The molecule has 5 nitrogen and oxygen atoms in total. The van der Waals surface area contributed by atoms with Gasteiger partial charge in [-0.05, 0) is 29.3 Å². The van der Waals surface area contributed by atoms with E-state index in [9.17, 15) is 0 Å². The van der Waals surface area contributed by atoms with Gasteiger partial charge < -0.3 is 10.6 Å². The van der Waals surface area contributed by atoms with E-state index in [0.717, 1.165) is 21.9 Å². The number of halogens is 1. The number of hydrogen-bond acceptors (Lipinski definition) is 3. The van der Waals surface area contributed by atoms with Gasteiger partial charge in [0.2, 0.25) is 0 Å². The molecule has 0 fully saturated rings. The van der Waals surface area contributed by atoms with E-state index < -0.39 is 0 Å². The zero-order valence-corrected chi connectivity index (χ0v) is 14.6. The van der Waals surface area contributed by atoms with Gasteiger partial charge in [-0.2, -0.15) is 5.26 Å². The highest BCUT2D eigenvalue weighted by molar-refractivity contribution is 6.36. The molecule has 25 heavy (non-hydrogen) atoms. The van der Waals surface area contributed by atoms with Crippen LogP contribution in [-0.4, -0.2) is 25.0 Å². The van der Waals surface area contributed by atoms with Crippen LogP contribution in [0.4, 0.5) is 5.82 Å². The van der Waals surface area contributed by atoms with Gasteiger partial charge in [0.05, 0.1) is 16.7 Å². The van der Waals surface area contributed by atoms with Crippen LogP contribution in [0, 0.1) is 11.3 Å². The second-order valence-corrected chi connectivity index (χ2v) is 5.76. The summed E-state index contributed by atoms with van der Waals surface area (Å²) in [5.74, 6) is 1.26. The highest BCUT2D eigenvalue weighted by Gasteiger charge is 2.10. The summed E-state index contributed by atoms with van der Waals surface area (Å²) in [6.07, 6.45) is 1.62. The monoisotopic (exact) mass is 349 g/mol. The van der Waals surface area contributed by atoms with Crippen molar-refractivity contribution in [2.24, 2.45) is 4.99 Å². The smallest absolute Gasteiger partial charge is 0.196 e. The van der Waals surface area contributed by atoms with Crippen LogP contribution in [0.1, 0.15) is 5.56 Å². The topological polar surface area (TPSA) is 73.1 Å². The fourth-order valence-electron chi connectivity index (χ4n) is 2.60. The van der Waals surface area contributed by atoms with Crippen molar-refractivity contribution < 1.29 is 0 Å². The summed E-state index contributed by atoms with van der Waals surface area (Å²) in [6, 6.07) is 15.6. The van der Waals surface area contributed by atoms with Crippen molar-refractivity contribution in [3.63, 3.8) is 0 Å². The molecular formula is C19H16ClN5. The van der Waals surface area contributed by atoms with Crippen LogP contribution in [0.5, 0.6) is 0 Å². The quantitative estimate of drug-likeness (QED) is 0.541. The molecule has 0 aliphatic heterocycles. The van der Waals surface area contributed by atoms with Gasteiger partial charge in [-0.15, -0.1) is 0 Å². The Morgan fingerprint density at radius 1 is 1.16 bits per heavy atom. The van der Waals surface area contributed by atoms with Crippen molar-refractivity contribution >= 4 is 34.2 Å². The number of aliphatic imine (C=N–C) groups is 1. The maximum Gasteiger partial charge on any atom is 0.196 e. The molecule has 2 aromatic carbocycles. The first kappa shape index (κ1) is 16.7. The normalized spacial score (nSPS) is 11.2. The standard InChI is InChI=1S/C19H16ClN5/c1-22-19(23-2)25-18-16-9-14(6-7-15(16)17(20)11-24-18)13-5-3-4-12(8-13)10-21/h3-9,11H,1-2H3,(H2,22,23,24,25). The molecule has 2 N–H and O–H groups in total. The third-order valence-electron chi connectivity index (χ3n) is 3.86. The van der Waals surface area contributed by atoms with E-state index in [4.69, 9.17) is 16.9 Å². The molecule has 0 spiro atoms. The van der Waals surface area contributed by atoms with E-state index in [1.54, 1.807) is 26.4 Å². The third kappa shape index (κ3) is 3.39. The predicted octanol–water partition coefficient (Wildman–Crippen LogP) is 4.04. The maximum atomic E-state index is 9.11. The summed E-state index contributed by atoms with van der Waals surface area (Å²) in [7, 11) is 3.47. The molecule has 6 heteroatoms. The van der Waals surface area contributed by atoms with Gasteiger partial charge in [0.1, 0.15) is 5.82 Å². The van der Waals surface area contributed by atoms with Crippen LogP contribution in [0.25, 0.3) is 21.9 Å². The number of aromatic nitrogens is 1. The van der Waals surface area contributed by atoms with Gasteiger partial charge in [-0.3, -0.25) is 4.99 Å². The van der Waals surface area contributed by atoms with Crippen molar-refractivity contribution in [1.82, 2.24) is 10.3 Å². The fraction of sp³-hybridized carbons (Fsp3) is 0.105. The Labute approximate surface area is 151 Å². The van der Waals surface area contributed by atoms with Gasteiger partial charge in [0.15, 0.2) is 5.96 Å². The zero-order valence-electron chi connectivity index (χ0n) is 13.8. The molecule has 0 unspecified atom stereocenters. The molecule has 1 heterocycles. The molecule has 0 radical (unpaired) electrons. The van der Waals surface area contributed by atoms with Crippen LogP contribution in [0.15, 0.2) is 53.7 Å². The van der Waals surface area contributed by atoms with Crippen LogP contribution in [0.2, 0.25) is 5.02 Å². The van der Waals surface area contributed by atoms with Gasteiger partial charge in [0.25, 0.3) is 0 Å². The Kier molecular flexibility index (Phi) is 4.82.